The molecule has 0 aromatic heterocycles. The molecular formula is C10H8N2O2. The molecular weight excluding hydrogens is 180 g/mol. The third-order valence-electron chi connectivity index (χ3n) is 2.15. The lowest BCUT2D eigenvalue weighted by atomic mass is 9.99. The van der Waals surface area contributed by atoms with Gasteiger partial charge in [-0.1, -0.05) is 0 Å². The molecule has 0 fully saturated rings. The van der Waals surface area contributed by atoms with E-state index in [4.69, 9.17) is 15.7 Å². The molecule has 2 rings (SSSR count). The first-order chi connectivity index (χ1) is 6.70. The molecule has 70 valence electrons. The number of esters is 1. The molecule has 0 saturated heterocycles. The summed E-state index contributed by atoms with van der Waals surface area (Å²) in [6, 6.07) is 6.51. The van der Waals surface area contributed by atoms with Crippen LogP contribution in [0.15, 0.2) is 18.2 Å². The minimum absolute atomic E-state index is 0.169. The van der Waals surface area contributed by atoms with Crippen LogP contribution in [0, 0.1) is 11.3 Å². The van der Waals surface area contributed by atoms with Gasteiger partial charge in [0.1, 0.15) is 5.75 Å². The summed E-state index contributed by atoms with van der Waals surface area (Å²) >= 11 is 0. The van der Waals surface area contributed by atoms with E-state index in [2.05, 4.69) is 0 Å². The van der Waals surface area contributed by atoms with Crippen molar-refractivity contribution in [1.29, 1.82) is 5.26 Å². The van der Waals surface area contributed by atoms with E-state index in [0.717, 1.165) is 5.56 Å². The Morgan fingerprint density at radius 2 is 2.36 bits per heavy atom. The maximum Gasteiger partial charge on any atom is 0.313 e. The van der Waals surface area contributed by atoms with Gasteiger partial charge in [-0.2, -0.15) is 5.26 Å². The van der Waals surface area contributed by atoms with Gasteiger partial charge >= 0.3 is 5.97 Å². The molecule has 1 heterocycles. The van der Waals surface area contributed by atoms with Gasteiger partial charge in [0.05, 0.1) is 18.1 Å². The zero-order valence-electron chi connectivity index (χ0n) is 7.36. The first-order valence-electron chi connectivity index (χ1n) is 4.21. The largest absolute Gasteiger partial charge is 0.426 e. The lowest BCUT2D eigenvalue weighted by molar-refractivity contribution is -0.135. The number of rotatable bonds is 0. The first-order valence-corrected chi connectivity index (χ1v) is 4.21. The van der Waals surface area contributed by atoms with Crippen molar-refractivity contribution in [3.63, 3.8) is 0 Å². The molecule has 1 aliphatic rings. The van der Waals surface area contributed by atoms with E-state index in [9.17, 15) is 4.79 Å². The van der Waals surface area contributed by atoms with E-state index in [1.807, 2.05) is 6.07 Å². The summed E-state index contributed by atoms with van der Waals surface area (Å²) in [5, 5.41) is 8.68. The van der Waals surface area contributed by atoms with Crippen LogP contribution in [0.25, 0.3) is 0 Å². The average molecular weight is 188 g/mol. The van der Waals surface area contributed by atoms with Crippen LogP contribution in [-0.2, 0) is 4.79 Å². The van der Waals surface area contributed by atoms with Crippen molar-refractivity contribution in [2.45, 2.75) is 12.5 Å². The molecule has 0 spiro atoms. The van der Waals surface area contributed by atoms with Crippen molar-refractivity contribution in [3.05, 3.63) is 29.3 Å². The van der Waals surface area contributed by atoms with Crippen molar-refractivity contribution >= 4 is 5.97 Å². The summed E-state index contributed by atoms with van der Waals surface area (Å²) in [4.78, 5) is 11.0. The van der Waals surface area contributed by atoms with Gasteiger partial charge in [-0.25, -0.2) is 0 Å². The van der Waals surface area contributed by atoms with Gasteiger partial charge in [-0.05, 0) is 18.2 Å². The quantitative estimate of drug-likeness (QED) is 0.484. The second kappa shape index (κ2) is 3.13. The predicted octanol–water partition coefficient (Wildman–Crippen LogP) is 0.867. The Morgan fingerprint density at radius 3 is 3.07 bits per heavy atom. The Morgan fingerprint density at radius 1 is 1.57 bits per heavy atom. The van der Waals surface area contributed by atoms with Gasteiger partial charge in [-0.15, -0.1) is 0 Å². The maximum atomic E-state index is 11.0. The summed E-state index contributed by atoms with van der Waals surface area (Å²) in [5.74, 6) is 0.141. The smallest absolute Gasteiger partial charge is 0.313 e. The summed E-state index contributed by atoms with van der Waals surface area (Å²) in [5.41, 5.74) is 7.00. The van der Waals surface area contributed by atoms with Crippen LogP contribution in [-0.4, -0.2) is 5.97 Å². The SMILES string of the molecule is N#Cc1ccc2c(c1)C(N)CC(=O)O2. The molecule has 0 saturated carbocycles. The third-order valence-corrected chi connectivity index (χ3v) is 2.15. The molecule has 1 unspecified atom stereocenters. The van der Waals surface area contributed by atoms with Crippen LogP contribution in [0.3, 0.4) is 0 Å². The maximum absolute atomic E-state index is 11.0. The fourth-order valence-electron chi connectivity index (χ4n) is 1.45. The van der Waals surface area contributed by atoms with Crippen molar-refractivity contribution in [2.75, 3.05) is 0 Å². The fourth-order valence-corrected chi connectivity index (χ4v) is 1.45. The van der Waals surface area contributed by atoms with Gasteiger partial charge in [0.25, 0.3) is 0 Å². The van der Waals surface area contributed by atoms with E-state index in [0.29, 0.717) is 11.3 Å². The second-order valence-corrected chi connectivity index (χ2v) is 3.15. The van der Waals surface area contributed by atoms with Gasteiger partial charge < -0.3 is 10.5 Å². The Kier molecular flexibility index (Phi) is 1.95. The molecule has 1 aromatic rings. The highest BCUT2D eigenvalue weighted by molar-refractivity contribution is 5.76. The summed E-state index contributed by atoms with van der Waals surface area (Å²) in [6.45, 7) is 0. The van der Waals surface area contributed by atoms with Gasteiger partial charge in [0.15, 0.2) is 0 Å². The Hall–Kier alpha value is -1.86. The Bertz CT molecular complexity index is 434. The van der Waals surface area contributed by atoms with Crippen LogP contribution in [0.1, 0.15) is 23.6 Å². The third kappa shape index (κ3) is 1.34. The van der Waals surface area contributed by atoms with Crippen LogP contribution in [0.2, 0.25) is 0 Å². The number of nitrogens with zero attached hydrogens (tertiary/aromatic N) is 1. The average Bonchev–Trinajstić information content (AvgIpc) is 2.17. The highest BCUT2D eigenvalue weighted by Crippen LogP contribution is 2.31. The van der Waals surface area contributed by atoms with E-state index in [1.54, 1.807) is 18.2 Å². The topological polar surface area (TPSA) is 76.1 Å². The van der Waals surface area contributed by atoms with Crippen LogP contribution in [0.4, 0.5) is 0 Å². The summed E-state index contributed by atoms with van der Waals surface area (Å²) < 4.78 is 4.97. The second-order valence-electron chi connectivity index (χ2n) is 3.15. The highest BCUT2D eigenvalue weighted by atomic mass is 16.5. The number of hydrogen-bond acceptors (Lipinski definition) is 4. The van der Waals surface area contributed by atoms with Gasteiger partial charge in [0, 0.05) is 11.6 Å². The molecule has 1 aliphatic heterocycles. The summed E-state index contributed by atoms with van der Waals surface area (Å²) in [6.07, 6.45) is 0.169. The molecule has 1 aromatic carbocycles. The fraction of sp³-hybridized carbons (Fsp3) is 0.200. The standard InChI is InChI=1S/C10H8N2O2/c11-5-6-1-2-9-7(3-6)8(12)4-10(13)14-9/h1-3,8H,4,12H2. The van der Waals surface area contributed by atoms with E-state index >= 15 is 0 Å². The van der Waals surface area contributed by atoms with E-state index < -0.39 is 0 Å². The zero-order valence-corrected chi connectivity index (χ0v) is 7.36. The minimum Gasteiger partial charge on any atom is -0.426 e. The highest BCUT2D eigenvalue weighted by Gasteiger charge is 2.24. The lowest BCUT2D eigenvalue weighted by Crippen LogP contribution is -2.25. The molecule has 14 heavy (non-hydrogen) atoms. The number of nitrogens with two attached hydrogens (primary N) is 1. The van der Waals surface area contributed by atoms with Crippen molar-refractivity contribution < 1.29 is 9.53 Å². The number of ether oxygens (including phenoxy) is 1. The number of carbonyl (C=O) groups is 1. The molecule has 4 heteroatoms. The Labute approximate surface area is 80.9 Å². The number of hydrogen-bond donors (Lipinski definition) is 1. The van der Waals surface area contributed by atoms with E-state index in [1.165, 1.54) is 0 Å². The predicted molar refractivity (Wildman–Crippen MR) is 48.3 cm³/mol. The van der Waals surface area contributed by atoms with Crippen LogP contribution in [0.5, 0.6) is 5.75 Å². The molecule has 2 N–H and O–H groups in total. The minimum atomic E-state index is -0.362. The monoisotopic (exact) mass is 188 g/mol. The first kappa shape index (κ1) is 8.73. The number of fused-ring (bicyclic) bond motifs is 1. The van der Waals surface area contributed by atoms with Gasteiger partial charge in [0.2, 0.25) is 0 Å². The van der Waals surface area contributed by atoms with Crippen molar-refractivity contribution in [1.82, 2.24) is 0 Å². The van der Waals surface area contributed by atoms with Gasteiger partial charge in [-0.3, -0.25) is 4.79 Å². The number of nitriles is 1. The zero-order chi connectivity index (χ0) is 10.1. The Balaban J connectivity index is 2.50. The van der Waals surface area contributed by atoms with Crippen molar-refractivity contribution in [2.24, 2.45) is 5.73 Å². The molecule has 0 aliphatic carbocycles. The summed E-state index contributed by atoms with van der Waals surface area (Å²) in [7, 11) is 0. The van der Waals surface area contributed by atoms with Crippen LogP contribution < -0.4 is 10.5 Å². The lowest BCUT2D eigenvalue weighted by Gasteiger charge is -2.20. The molecule has 0 amide bonds. The molecule has 0 bridgehead atoms. The van der Waals surface area contributed by atoms with Crippen molar-refractivity contribution in [3.8, 4) is 11.8 Å². The van der Waals surface area contributed by atoms with Crippen LogP contribution >= 0.6 is 0 Å². The molecule has 1 atom stereocenters. The molecule has 0 radical (unpaired) electrons. The number of carbonyl (C=O) groups excluding carboxylic acids is 1. The van der Waals surface area contributed by atoms with E-state index in [-0.39, 0.29) is 18.4 Å². The normalized spacial score (nSPS) is 19.4. The number of benzene rings is 1. The molecule has 4 nitrogen and oxygen atoms in total.